The normalized spacial score (nSPS) is 12.8. The molecule has 1 rings (SSSR count). The van der Waals surface area contributed by atoms with Crippen molar-refractivity contribution in [1.82, 2.24) is 5.32 Å². The standard InChI is InChI=1S/C16H26N2O/c1-11(2)9-15(17)16(19)18-10-13-5-7-14(8-6-13)12(3)4/h5-8,11-12,15H,9-10,17H2,1-4H3,(H,18,19). The molecular formula is C16H26N2O. The number of nitrogens with one attached hydrogen (secondary N) is 1. The van der Waals surface area contributed by atoms with Gasteiger partial charge in [-0.3, -0.25) is 4.79 Å². The lowest BCUT2D eigenvalue weighted by Crippen LogP contribution is -2.41. The molecule has 0 spiro atoms. The van der Waals surface area contributed by atoms with Crippen molar-refractivity contribution >= 4 is 5.91 Å². The summed E-state index contributed by atoms with van der Waals surface area (Å²) in [5.74, 6) is 0.899. The first-order chi connectivity index (χ1) is 8.90. The zero-order chi connectivity index (χ0) is 14.4. The van der Waals surface area contributed by atoms with Gasteiger partial charge >= 0.3 is 0 Å². The molecule has 0 radical (unpaired) electrons. The first-order valence-corrected chi connectivity index (χ1v) is 7.02. The number of benzene rings is 1. The number of carbonyl (C=O) groups is 1. The first-order valence-electron chi connectivity index (χ1n) is 7.02. The molecule has 0 saturated carbocycles. The summed E-state index contributed by atoms with van der Waals surface area (Å²) in [4.78, 5) is 11.8. The summed E-state index contributed by atoms with van der Waals surface area (Å²) in [5, 5.41) is 2.89. The molecule has 1 amide bonds. The summed E-state index contributed by atoms with van der Waals surface area (Å²) in [6.45, 7) is 9.02. The van der Waals surface area contributed by atoms with Crippen LogP contribution in [0.2, 0.25) is 0 Å². The number of carbonyl (C=O) groups excluding carboxylic acids is 1. The molecular weight excluding hydrogens is 236 g/mol. The molecule has 3 heteroatoms. The third-order valence-corrected chi connectivity index (χ3v) is 3.18. The van der Waals surface area contributed by atoms with Crippen LogP contribution in [0.4, 0.5) is 0 Å². The molecule has 0 fully saturated rings. The van der Waals surface area contributed by atoms with Crippen molar-refractivity contribution in [1.29, 1.82) is 0 Å². The molecule has 1 atom stereocenters. The Morgan fingerprint density at radius 2 is 1.74 bits per heavy atom. The van der Waals surface area contributed by atoms with Gasteiger partial charge in [0, 0.05) is 6.54 Å². The third-order valence-electron chi connectivity index (χ3n) is 3.18. The van der Waals surface area contributed by atoms with Gasteiger partial charge in [0.1, 0.15) is 0 Å². The van der Waals surface area contributed by atoms with E-state index in [2.05, 4.69) is 57.3 Å². The SMILES string of the molecule is CC(C)CC(N)C(=O)NCc1ccc(C(C)C)cc1. The van der Waals surface area contributed by atoms with E-state index in [-0.39, 0.29) is 5.91 Å². The predicted molar refractivity (Wildman–Crippen MR) is 79.8 cm³/mol. The minimum atomic E-state index is -0.407. The average molecular weight is 262 g/mol. The van der Waals surface area contributed by atoms with Gasteiger partial charge in [-0.25, -0.2) is 0 Å². The maximum absolute atomic E-state index is 11.8. The molecule has 19 heavy (non-hydrogen) atoms. The molecule has 0 heterocycles. The fourth-order valence-corrected chi connectivity index (χ4v) is 1.96. The van der Waals surface area contributed by atoms with Gasteiger partial charge in [-0.15, -0.1) is 0 Å². The fraction of sp³-hybridized carbons (Fsp3) is 0.562. The summed E-state index contributed by atoms with van der Waals surface area (Å²) in [7, 11) is 0. The van der Waals surface area contributed by atoms with E-state index in [1.165, 1.54) is 5.56 Å². The van der Waals surface area contributed by atoms with Crippen LogP contribution < -0.4 is 11.1 Å². The van der Waals surface area contributed by atoms with Crippen LogP contribution in [0.5, 0.6) is 0 Å². The Hall–Kier alpha value is -1.35. The molecule has 0 saturated heterocycles. The zero-order valence-corrected chi connectivity index (χ0v) is 12.4. The quantitative estimate of drug-likeness (QED) is 0.828. The van der Waals surface area contributed by atoms with Gasteiger partial charge in [0.15, 0.2) is 0 Å². The van der Waals surface area contributed by atoms with E-state index in [4.69, 9.17) is 5.73 Å². The highest BCUT2D eigenvalue weighted by Crippen LogP contribution is 2.14. The van der Waals surface area contributed by atoms with Gasteiger partial charge in [-0.2, -0.15) is 0 Å². The minimum absolute atomic E-state index is 0.0679. The number of hydrogen-bond acceptors (Lipinski definition) is 2. The molecule has 0 aliphatic heterocycles. The Morgan fingerprint density at radius 1 is 1.16 bits per heavy atom. The lowest BCUT2D eigenvalue weighted by atomic mass is 10.0. The summed E-state index contributed by atoms with van der Waals surface area (Å²) in [6.07, 6.45) is 0.720. The Bertz CT molecular complexity index is 396. The van der Waals surface area contributed by atoms with Crippen molar-refractivity contribution < 1.29 is 4.79 Å². The lowest BCUT2D eigenvalue weighted by Gasteiger charge is -2.14. The highest BCUT2D eigenvalue weighted by molar-refractivity contribution is 5.81. The molecule has 106 valence electrons. The van der Waals surface area contributed by atoms with Crippen LogP contribution in [0.3, 0.4) is 0 Å². The molecule has 1 aromatic rings. The second-order valence-corrected chi connectivity index (χ2v) is 5.85. The van der Waals surface area contributed by atoms with Gasteiger partial charge in [-0.1, -0.05) is 52.0 Å². The van der Waals surface area contributed by atoms with Crippen LogP contribution in [-0.4, -0.2) is 11.9 Å². The van der Waals surface area contributed by atoms with Crippen molar-refractivity contribution in [3.63, 3.8) is 0 Å². The maximum atomic E-state index is 11.8. The van der Waals surface area contributed by atoms with Crippen LogP contribution in [0.1, 0.15) is 51.2 Å². The summed E-state index contributed by atoms with van der Waals surface area (Å²) < 4.78 is 0. The number of rotatable bonds is 6. The molecule has 3 N–H and O–H groups in total. The molecule has 3 nitrogen and oxygen atoms in total. The van der Waals surface area contributed by atoms with Crippen molar-refractivity contribution in [3.05, 3.63) is 35.4 Å². The summed E-state index contributed by atoms with van der Waals surface area (Å²) in [6, 6.07) is 7.93. The second kappa shape index (κ2) is 7.29. The molecule has 0 aliphatic carbocycles. The van der Waals surface area contributed by atoms with Gasteiger partial charge in [0.25, 0.3) is 0 Å². The predicted octanol–water partition coefficient (Wildman–Crippen LogP) is 2.80. The van der Waals surface area contributed by atoms with Gasteiger partial charge in [0.2, 0.25) is 5.91 Å². The van der Waals surface area contributed by atoms with Crippen molar-refractivity contribution in [3.8, 4) is 0 Å². The lowest BCUT2D eigenvalue weighted by molar-refractivity contribution is -0.122. The molecule has 0 aliphatic rings. The topological polar surface area (TPSA) is 55.1 Å². The van der Waals surface area contributed by atoms with Gasteiger partial charge in [-0.05, 0) is 29.4 Å². The molecule has 1 aromatic carbocycles. The van der Waals surface area contributed by atoms with Gasteiger partial charge < -0.3 is 11.1 Å². The number of amides is 1. The Labute approximate surface area is 116 Å². The fourth-order valence-electron chi connectivity index (χ4n) is 1.96. The van der Waals surface area contributed by atoms with Crippen LogP contribution in [-0.2, 0) is 11.3 Å². The second-order valence-electron chi connectivity index (χ2n) is 5.85. The summed E-state index contributed by atoms with van der Waals surface area (Å²) in [5.41, 5.74) is 8.25. The maximum Gasteiger partial charge on any atom is 0.237 e. The first kappa shape index (κ1) is 15.7. The monoisotopic (exact) mass is 262 g/mol. The minimum Gasteiger partial charge on any atom is -0.351 e. The Kier molecular flexibility index (Phi) is 6.03. The largest absolute Gasteiger partial charge is 0.351 e. The smallest absolute Gasteiger partial charge is 0.237 e. The Balaban J connectivity index is 2.46. The van der Waals surface area contributed by atoms with Crippen LogP contribution in [0.15, 0.2) is 24.3 Å². The van der Waals surface area contributed by atoms with Gasteiger partial charge in [0.05, 0.1) is 6.04 Å². The summed E-state index contributed by atoms with van der Waals surface area (Å²) >= 11 is 0. The highest BCUT2D eigenvalue weighted by atomic mass is 16.2. The number of hydrogen-bond donors (Lipinski definition) is 2. The van der Waals surface area contributed by atoms with E-state index in [9.17, 15) is 4.79 Å². The molecule has 0 aromatic heterocycles. The van der Waals surface area contributed by atoms with Crippen LogP contribution >= 0.6 is 0 Å². The van der Waals surface area contributed by atoms with E-state index in [0.29, 0.717) is 18.4 Å². The van der Waals surface area contributed by atoms with E-state index < -0.39 is 6.04 Å². The molecule has 1 unspecified atom stereocenters. The van der Waals surface area contributed by atoms with Crippen molar-refractivity contribution in [2.24, 2.45) is 11.7 Å². The van der Waals surface area contributed by atoms with E-state index in [1.54, 1.807) is 0 Å². The van der Waals surface area contributed by atoms with Crippen molar-refractivity contribution in [2.45, 2.75) is 52.6 Å². The van der Waals surface area contributed by atoms with Crippen LogP contribution in [0, 0.1) is 5.92 Å². The zero-order valence-electron chi connectivity index (χ0n) is 12.4. The van der Waals surface area contributed by atoms with Crippen LogP contribution in [0.25, 0.3) is 0 Å². The van der Waals surface area contributed by atoms with E-state index >= 15 is 0 Å². The third kappa shape index (κ3) is 5.43. The van der Waals surface area contributed by atoms with E-state index in [0.717, 1.165) is 12.0 Å². The van der Waals surface area contributed by atoms with Crippen molar-refractivity contribution in [2.75, 3.05) is 0 Å². The molecule has 0 bridgehead atoms. The number of nitrogens with two attached hydrogens (primary N) is 1. The highest BCUT2D eigenvalue weighted by Gasteiger charge is 2.14. The average Bonchev–Trinajstić information content (AvgIpc) is 2.35. The Morgan fingerprint density at radius 3 is 2.21 bits per heavy atom. The van der Waals surface area contributed by atoms with E-state index in [1.807, 2.05) is 0 Å².